The van der Waals surface area contributed by atoms with E-state index in [1.165, 1.54) is 4.31 Å². The average molecular weight is 284 g/mol. The van der Waals surface area contributed by atoms with E-state index in [-0.39, 0.29) is 18.4 Å². The number of hydrogen-bond donors (Lipinski definition) is 1. The van der Waals surface area contributed by atoms with Crippen molar-refractivity contribution in [3.63, 3.8) is 0 Å². The SMILES string of the molecule is NC1CCCN(S(=O)(=O)CCOc2ccccc2)C1. The van der Waals surface area contributed by atoms with Gasteiger partial charge >= 0.3 is 0 Å². The van der Waals surface area contributed by atoms with E-state index in [1.54, 1.807) is 0 Å². The highest BCUT2D eigenvalue weighted by Crippen LogP contribution is 2.14. The number of benzene rings is 1. The number of hydrogen-bond acceptors (Lipinski definition) is 4. The molecule has 1 aromatic rings. The van der Waals surface area contributed by atoms with Gasteiger partial charge in [0.25, 0.3) is 0 Å². The number of piperidine rings is 1. The first-order valence-corrected chi connectivity index (χ1v) is 8.10. The topological polar surface area (TPSA) is 72.6 Å². The minimum absolute atomic E-state index is 0.00534. The molecule has 1 aliphatic rings. The van der Waals surface area contributed by atoms with Gasteiger partial charge in [-0.3, -0.25) is 0 Å². The standard InChI is InChI=1S/C13H20N2O3S/c14-12-5-4-8-15(11-12)19(16,17)10-9-18-13-6-2-1-3-7-13/h1-3,6-7,12H,4-5,8-11,14H2. The van der Waals surface area contributed by atoms with Gasteiger partial charge in [0.2, 0.25) is 10.0 Å². The highest BCUT2D eigenvalue weighted by molar-refractivity contribution is 7.89. The number of sulfonamides is 1. The molecule has 0 aliphatic carbocycles. The van der Waals surface area contributed by atoms with Crippen LogP contribution in [-0.2, 0) is 10.0 Å². The maximum Gasteiger partial charge on any atom is 0.217 e. The molecule has 1 heterocycles. The largest absolute Gasteiger partial charge is 0.492 e. The van der Waals surface area contributed by atoms with E-state index in [9.17, 15) is 8.42 Å². The van der Waals surface area contributed by atoms with Gasteiger partial charge in [0.05, 0.1) is 5.75 Å². The molecule has 1 saturated heterocycles. The molecule has 6 heteroatoms. The van der Waals surface area contributed by atoms with Crippen molar-refractivity contribution in [1.29, 1.82) is 0 Å². The quantitative estimate of drug-likeness (QED) is 0.869. The van der Waals surface area contributed by atoms with Gasteiger partial charge < -0.3 is 10.5 Å². The van der Waals surface area contributed by atoms with Gasteiger partial charge in [-0.05, 0) is 25.0 Å². The molecule has 0 saturated carbocycles. The Bertz CT molecular complexity index is 490. The van der Waals surface area contributed by atoms with Crippen molar-refractivity contribution in [2.45, 2.75) is 18.9 Å². The van der Waals surface area contributed by atoms with Gasteiger partial charge in [-0.25, -0.2) is 12.7 Å². The first-order valence-electron chi connectivity index (χ1n) is 6.49. The Balaban J connectivity index is 1.84. The summed E-state index contributed by atoms with van der Waals surface area (Å²) in [6.45, 7) is 1.16. The lowest BCUT2D eigenvalue weighted by molar-refractivity contribution is 0.305. The third kappa shape index (κ3) is 4.19. The van der Waals surface area contributed by atoms with Crippen LogP contribution in [0.3, 0.4) is 0 Å². The number of rotatable bonds is 5. The Labute approximate surface area is 114 Å². The Kier molecular flexibility index (Phi) is 4.79. The molecule has 5 nitrogen and oxygen atoms in total. The van der Waals surface area contributed by atoms with Gasteiger partial charge in [-0.15, -0.1) is 0 Å². The van der Waals surface area contributed by atoms with Crippen LogP contribution in [0.1, 0.15) is 12.8 Å². The van der Waals surface area contributed by atoms with E-state index in [4.69, 9.17) is 10.5 Å². The van der Waals surface area contributed by atoms with Crippen molar-refractivity contribution in [3.05, 3.63) is 30.3 Å². The number of nitrogens with two attached hydrogens (primary N) is 1. The molecule has 1 aliphatic heterocycles. The normalized spacial score (nSPS) is 21.2. The van der Waals surface area contributed by atoms with Crippen LogP contribution in [0.4, 0.5) is 0 Å². The van der Waals surface area contributed by atoms with Crippen LogP contribution in [0.25, 0.3) is 0 Å². The second kappa shape index (κ2) is 6.36. The second-order valence-corrected chi connectivity index (χ2v) is 6.83. The van der Waals surface area contributed by atoms with Crippen molar-refractivity contribution < 1.29 is 13.2 Å². The Morgan fingerprint density at radius 1 is 1.32 bits per heavy atom. The summed E-state index contributed by atoms with van der Waals surface area (Å²) in [5.74, 6) is 0.683. The Hall–Kier alpha value is -1.11. The van der Waals surface area contributed by atoms with Gasteiger partial charge in [0.1, 0.15) is 12.4 Å². The van der Waals surface area contributed by atoms with E-state index in [2.05, 4.69) is 0 Å². The molecule has 2 rings (SSSR count). The molecule has 0 aromatic heterocycles. The zero-order valence-corrected chi connectivity index (χ0v) is 11.7. The van der Waals surface area contributed by atoms with Gasteiger partial charge in [-0.1, -0.05) is 18.2 Å². The maximum absolute atomic E-state index is 12.1. The molecule has 2 N–H and O–H groups in total. The predicted molar refractivity (Wildman–Crippen MR) is 74.5 cm³/mol. The van der Waals surface area contributed by atoms with Gasteiger partial charge in [0.15, 0.2) is 0 Å². The monoisotopic (exact) mass is 284 g/mol. The zero-order chi connectivity index (χ0) is 13.7. The lowest BCUT2D eigenvalue weighted by Crippen LogP contribution is -2.46. The molecule has 0 radical (unpaired) electrons. The van der Waals surface area contributed by atoms with E-state index < -0.39 is 10.0 Å². The number of ether oxygens (including phenoxy) is 1. The average Bonchev–Trinajstić information content (AvgIpc) is 2.40. The smallest absolute Gasteiger partial charge is 0.217 e. The zero-order valence-electron chi connectivity index (χ0n) is 10.9. The molecule has 0 spiro atoms. The fourth-order valence-corrected chi connectivity index (χ4v) is 3.52. The molecule has 1 unspecified atom stereocenters. The fourth-order valence-electron chi connectivity index (χ4n) is 2.14. The van der Waals surface area contributed by atoms with E-state index in [1.807, 2.05) is 30.3 Å². The van der Waals surface area contributed by atoms with E-state index in [0.717, 1.165) is 12.8 Å². The van der Waals surface area contributed by atoms with Crippen molar-refractivity contribution in [1.82, 2.24) is 4.31 Å². The van der Waals surface area contributed by atoms with Crippen molar-refractivity contribution >= 4 is 10.0 Å². The second-order valence-electron chi connectivity index (χ2n) is 4.74. The molecular formula is C13H20N2O3S. The summed E-state index contributed by atoms with van der Waals surface area (Å²) in [6.07, 6.45) is 1.73. The van der Waals surface area contributed by atoms with Crippen LogP contribution in [0.2, 0.25) is 0 Å². The Morgan fingerprint density at radius 3 is 2.74 bits per heavy atom. The van der Waals surface area contributed by atoms with Gasteiger partial charge in [0, 0.05) is 19.1 Å². The van der Waals surface area contributed by atoms with E-state index in [0.29, 0.717) is 18.8 Å². The molecule has 0 amide bonds. The highest BCUT2D eigenvalue weighted by atomic mass is 32.2. The van der Waals surface area contributed by atoms with Gasteiger partial charge in [-0.2, -0.15) is 0 Å². The van der Waals surface area contributed by atoms with Crippen molar-refractivity contribution in [2.24, 2.45) is 5.73 Å². The van der Waals surface area contributed by atoms with Crippen LogP contribution in [0.5, 0.6) is 5.75 Å². The van der Waals surface area contributed by atoms with Crippen LogP contribution >= 0.6 is 0 Å². The molecule has 106 valence electrons. The molecule has 1 fully saturated rings. The summed E-state index contributed by atoms with van der Waals surface area (Å²) < 4.78 is 31.1. The van der Waals surface area contributed by atoms with Crippen LogP contribution in [-0.4, -0.2) is 44.2 Å². The molecular weight excluding hydrogens is 264 g/mol. The molecule has 0 bridgehead atoms. The third-order valence-corrected chi connectivity index (χ3v) is 4.97. The van der Waals surface area contributed by atoms with Crippen LogP contribution in [0.15, 0.2) is 30.3 Å². The summed E-state index contributed by atoms with van der Waals surface area (Å²) in [6, 6.07) is 9.17. The number of para-hydroxylation sites is 1. The fraction of sp³-hybridized carbons (Fsp3) is 0.538. The Morgan fingerprint density at radius 2 is 2.05 bits per heavy atom. The minimum atomic E-state index is -3.26. The molecule has 19 heavy (non-hydrogen) atoms. The summed E-state index contributed by atoms with van der Waals surface area (Å²) >= 11 is 0. The summed E-state index contributed by atoms with van der Waals surface area (Å²) in [5.41, 5.74) is 5.80. The minimum Gasteiger partial charge on any atom is -0.492 e. The third-order valence-electron chi connectivity index (χ3n) is 3.17. The van der Waals surface area contributed by atoms with Crippen LogP contribution in [0, 0.1) is 0 Å². The summed E-state index contributed by atoms with van der Waals surface area (Å²) in [4.78, 5) is 0. The number of nitrogens with zero attached hydrogens (tertiary/aromatic N) is 1. The van der Waals surface area contributed by atoms with Crippen LogP contribution < -0.4 is 10.5 Å². The predicted octanol–water partition coefficient (Wildman–Crippen LogP) is 0.818. The first kappa shape index (κ1) is 14.3. The molecule has 1 atom stereocenters. The maximum atomic E-state index is 12.1. The highest BCUT2D eigenvalue weighted by Gasteiger charge is 2.26. The first-order chi connectivity index (χ1) is 9.08. The van der Waals surface area contributed by atoms with Crippen molar-refractivity contribution in [3.8, 4) is 5.75 Å². The van der Waals surface area contributed by atoms with Crippen molar-refractivity contribution in [2.75, 3.05) is 25.4 Å². The summed E-state index contributed by atoms with van der Waals surface area (Å²) in [7, 11) is -3.26. The lowest BCUT2D eigenvalue weighted by atomic mass is 10.1. The summed E-state index contributed by atoms with van der Waals surface area (Å²) in [5, 5.41) is 0. The molecule has 1 aromatic carbocycles. The van der Waals surface area contributed by atoms with E-state index >= 15 is 0 Å². The lowest BCUT2D eigenvalue weighted by Gasteiger charge is -2.29.